The molecule has 1 aliphatic carbocycles. The van der Waals surface area contributed by atoms with Crippen LogP contribution in [0.1, 0.15) is 62.1 Å². The molecule has 22 heavy (non-hydrogen) atoms. The minimum Gasteiger partial charge on any atom is -0.225 e. The molecule has 0 radical (unpaired) electrons. The van der Waals surface area contributed by atoms with Gasteiger partial charge >= 0.3 is 0 Å². The Morgan fingerprint density at radius 2 is 2.14 bits per heavy atom. The van der Waals surface area contributed by atoms with Crippen molar-refractivity contribution in [2.75, 3.05) is 0 Å². The number of allylic oxidation sites excluding steroid dienone is 3. The van der Waals surface area contributed by atoms with E-state index in [9.17, 15) is 8.42 Å². The number of primary sulfonamides is 1. The number of hydrogen-bond donors (Lipinski definition) is 1. The van der Waals surface area contributed by atoms with Crippen molar-refractivity contribution >= 4 is 15.6 Å². The van der Waals surface area contributed by atoms with Crippen molar-refractivity contribution in [1.82, 2.24) is 0 Å². The summed E-state index contributed by atoms with van der Waals surface area (Å²) in [6, 6.07) is 3.98. The Labute approximate surface area is 134 Å². The first-order valence-electron chi connectivity index (χ1n) is 7.87. The molecule has 4 heteroatoms. The van der Waals surface area contributed by atoms with E-state index in [1.807, 2.05) is 19.9 Å². The van der Waals surface area contributed by atoms with E-state index in [1.165, 1.54) is 0 Å². The van der Waals surface area contributed by atoms with Crippen LogP contribution in [-0.4, -0.2) is 8.42 Å². The van der Waals surface area contributed by atoms with Crippen molar-refractivity contribution < 1.29 is 8.42 Å². The van der Waals surface area contributed by atoms with E-state index in [0.717, 1.165) is 47.9 Å². The molecule has 3 nitrogen and oxygen atoms in total. The Bertz CT molecular complexity index is 702. The van der Waals surface area contributed by atoms with Gasteiger partial charge in [-0.05, 0) is 49.3 Å². The minimum atomic E-state index is -3.78. The quantitative estimate of drug-likeness (QED) is 0.829. The topological polar surface area (TPSA) is 60.2 Å². The molecule has 0 saturated heterocycles. The van der Waals surface area contributed by atoms with Crippen LogP contribution in [0.25, 0.3) is 5.57 Å². The molecule has 0 aromatic heterocycles. The van der Waals surface area contributed by atoms with Gasteiger partial charge in [-0.2, -0.15) is 0 Å². The zero-order valence-electron chi connectivity index (χ0n) is 13.4. The summed E-state index contributed by atoms with van der Waals surface area (Å²) in [5, 5.41) is 5.54. The summed E-state index contributed by atoms with van der Waals surface area (Å²) in [5.41, 5.74) is 3.32. The molecule has 1 aromatic rings. The lowest BCUT2D eigenvalue weighted by Gasteiger charge is -2.23. The average Bonchev–Trinajstić information content (AvgIpc) is 2.46. The molecule has 120 valence electrons. The highest BCUT2D eigenvalue weighted by Crippen LogP contribution is 2.37. The summed E-state index contributed by atoms with van der Waals surface area (Å²) in [4.78, 5) is 0.276. The van der Waals surface area contributed by atoms with E-state index in [2.05, 4.69) is 24.8 Å². The lowest BCUT2D eigenvalue weighted by Crippen LogP contribution is -2.19. The first-order chi connectivity index (χ1) is 10.4. The number of sulfonamides is 1. The van der Waals surface area contributed by atoms with Crippen LogP contribution in [0.4, 0.5) is 0 Å². The van der Waals surface area contributed by atoms with Gasteiger partial charge in [0.25, 0.3) is 0 Å². The molecular weight excluding hydrogens is 294 g/mol. The number of rotatable bonds is 5. The molecule has 1 atom stereocenters. The molecular formula is C18H25NO2S. The molecule has 1 unspecified atom stereocenters. The Balaban J connectivity index is 2.73. The first-order valence-corrected chi connectivity index (χ1v) is 9.42. The third kappa shape index (κ3) is 3.50. The van der Waals surface area contributed by atoms with Crippen LogP contribution in [0.3, 0.4) is 0 Å². The second-order valence-electron chi connectivity index (χ2n) is 6.06. The highest BCUT2D eigenvalue weighted by Gasteiger charge is 2.25. The molecule has 2 rings (SSSR count). The van der Waals surface area contributed by atoms with Crippen molar-refractivity contribution in [3.05, 3.63) is 47.6 Å². The van der Waals surface area contributed by atoms with Crippen LogP contribution in [0.15, 0.2) is 35.8 Å². The third-order valence-electron chi connectivity index (χ3n) is 4.16. The van der Waals surface area contributed by atoms with Gasteiger partial charge in [-0.1, -0.05) is 44.2 Å². The van der Waals surface area contributed by atoms with Gasteiger partial charge in [0.05, 0.1) is 4.90 Å². The van der Waals surface area contributed by atoms with E-state index in [-0.39, 0.29) is 10.8 Å². The van der Waals surface area contributed by atoms with E-state index in [0.29, 0.717) is 6.42 Å². The molecule has 0 heterocycles. The number of benzene rings is 1. The second kappa shape index (κ2) is 6.80. The molecule has 1 aliphatic rings. The maximum Gasteiger partial charge on any atom is 0.238 e. The molecule has 1 aromatic carbocycles. The van der Waals surface area contributed by atoms with Gasteiger partial charge in [0.2, 0.25) is 10.0 Å². The van der Waals surface area contributed by atoms with Crippen molar-refractivity contribution in [3.8, 4) is 0 Å². The largest absolute Gasteiger partial charge is 0.238 e. The maximum absolute atomic E-state index is 12.2. The van der Waals surface area contributed by atoms with Gasteiger partial charge in [0.1, 0.15) is 0 Å². The summed E-state index contributed by atoms with van der Waals surface area (Å²) in [6.07, 6.45) is 9.18. The Morgan fingerprint density at radius 3 is 2.64 bits per heavy atom. The standard InChI is InChI=1S/C18H25NO2S/c1-4-8-15-11-12-16(14-9-6-5-7-10-14)17(13(2)3)18(15)22(19,20)21/h6,9,11-12,14H,2,4-5,7-8,10H2,1,3H3,(H2,19,20,21). The van der Waals surface area contributed by atoms with Crippen LogP contribution >= 0.6 is 0 Å². The number of aryl methyl sites for hydroxylation is 1. The predicted molar refractivity (Wildman–Crippen MR) is 92.3 cm³/mol. The zero-order chi connectivity index (χ0) is 16.3. The van der Waals surface area contributed by atoms with E-state index in [4.69, 9.17) is 5.14 Å². The van der Waals surface area contributed by atoms with Gasteiger partial charge < -0.3 is 0 Å². The van der Waals surface area contributed by atoms with E-state index in [1.54, 1.807) is 0 Å². The van der Waals surface area contributed by atoms with Gasteiger partial charge in [-0.15, -0.1) is 0 Å². The van der Waals surface area contributed by atoms with Gasteiger partial charge in [0.15, 0.2) is 0 Å². The van der Waals surface area contributed by atoms with E-state index >= 15 is 0 Å². The second-order valence-corrected chi connectivity index (χ2v) is 7.56. The monoisotopic (exact) mass is 319 g/mol. The van der Waals surface area contributed by atoms with E-state index < -0.39 is 10.0 Å². The number of hydrogen-bond acceptors (Lipinski definition) is 2. The molecule has 0 bridgehead atoms. The average molecular weight is 319 g/mol. The molecule has 0 amide bonds. The predicted octanol–water partition coefficient (Wildman–Crippen LogP) is 4.14. The zero-order valence-corrected chi connectivity index (χ0v) is 14.2. The fourth-order valence-electron chi connectivity index (χ4n) is 3.25. The van der Waals surface area contributed by atoms with Crippen LogP contribution < -0.4 is 5.14 Å². The Hall–Kier alpha value is -1.39. The van der Waals surface area contributed by atoms with Crippen molar-refractivity contribution in [3.63, 3.8) is 0 Å². The van der Waals surface area contributed by atoms with Crippen molar-refractivity contribution in [2.45, 2.75) is 56.8 Å². The lowest BCUT2D eigenvalue weighted by molar-refractivity contribution is 0.595. The summed E-state index contributed by atoms with van der Waals surface area (Å²) in [6.45, 7) is 7.90. The smallest absolute Gasteiger partial charge is 0.225 e. The van der Waals surface area contributed by atoms with Crippen LogP contribution in [0.2, 0.25) is 0 Å². The lowest BCUT2D eigenvalue weighted by atomic mass is 9.84. The van der Waals surface area contributed by atoms with Gasteiger partial charge in [-0.25, -0.2) is 13.6 Å². The fourth-order valence-corrected chi connectivity index (χ4v) is 4.37. The van der Waals surface area contributed by atoms with Gasteiger partial charge in [0, 0.05) is 11.5 Å². The van der Waals surface area contributed by atoms with Crippen LogP contribution in [-0.2, 0) is 16.4 Å². The van der Waals surface area contributed by atoms with Crippen LogP contribution in [0.5, 0.6) is 0 Å². The Morgan fingerprint density at radius 1 is 1.41 bits per heavy atom. The molecule has 0 fully saturated rings. The summed E-state index contributed by atoms with van der Waals surface area (Å²) < 4.78 is 24.4. The summed E-state index contributed by atoms with van der Waals surface area (Å²) in [7, 11) is -3.78. The highest BCUT2D eigenvalue weighted by molar-refractivity contribution is 7.89. The highest BCUT2D eigenvalue weighted by atomic mass is 32.2. The maximum atomic E-state index is 12.2. The molecule has 2 N–H and O–H groups in total. The fraction of sp³-hybridized carbons (Fsp3) is 0.444. The normalized spacial score (nSPS) is 18.4. The third-order valence-corrected chi connectivity index (χ3v) is 5.19. The van der Waals surface area contributed by atoms with Gasteiger partial charge in [-0.3, -0.25) is 0 Å². The molecule has 0 saturated carbocycles. The molecule has 0 spiro atoms. The summed E-state index contributed by atoms with van der Waals surface area (Å²) in [5.74, 6) is 0.247. The van der Waals surface area contributed by atoms with Crippen molar-refractivity contribution in [2.24, 2.45) is 5.14 Å². The first kappa shape index (κ1) is 17.0. The molecule has 0 aliphatic heterocycles. The van der Waals surface area contributed by atoms with Crippen LogP contribution in [0, 0.1) is 0 Å². The number of nitrogens with two attached hydrogens (primary N) is 1. The minimum absolute atomic E-state index is 0.247. The summed E-state index contributed by atoms with van der Waals surface area (Å²) >= 11 is 0. The van der Waals surface area contributed by atoms with Crippen molar-refractivity contribution in [1.29, 1.82) is 0 Å². The Kier molecular flexibility index (Phi) is 5.24. The SMILES string of the molecule is C=C(C)c1c(C2C=CCCC2)ccc(CCC)c1S(N)(=O)=O.